The van der Waals surface area contributed by atoms with Gasteiger partial charge in [-0.1, -0.05) is 74.8 Å². The van der Waals surface area contributed by atoms with E-state index in [0.29, 0.717) is 34.4 Å². The molecule has 1 N–H and O–H groups in total. The average Bonchev–Trinajstić information content (AvgIpc) is 2.95. The fraction of sp³-hybridized carbons (Fsp3) is 0.276. The topological polar surface area (TPSA) is 61.8 Å². The van der Waals surface area contributed by atoms with Crippen LogP contribution in [0.4, 0.5) is 11.4 Å². The van der Waals surface area contributed by atoms with Crippen LogP contribution >= 0.6 is 11.6 Å². The van der Waals surface area contributed by atoms with Crippen LogP contribution in [0.1, 0.15) is 56.7 Å². The summed E-state index contributed by atoms with van der Waals surface area (Å²) in [5, 5.41) is 3.54. The first-order valence-electron chi connectivity index (χ1n) is 12.0. The number of aliphatic imine (C=N–C) groups is 1. The van der Waals surface area contributed by atoms with Crippen LogP contribution in [-0.4, -0.2) is 29.6 Å². The van der Waals surface area contributed by atoms with E-state index < -0.39 is 12.1 Å². The van der Waals surface area contributed by atoms with Crippen molar-refractivity contribution in [3.05, 3.63) is 94.5 Å². The molecule has 5 nitrogen and oxygen atoms in total. The number of fused-ring (bicyclic) bond motifs is 1. The number of carbonyl (C=O) groups is 2. The predicted octanol–water partition coefficient (Wildman–Crippen LogP) is 6.45. The highest BCUT2D eigenvalue weighted by atomic mass is 35.5. The molecule has 2 unspecified atom stereocenters. The predicted molar refractivity (Wildman–Crippen MR) is 144 cm³/mol. The third kappa shape index (κ3) is 5.15. The number of nitrogens with zero attached hydrogens (tertiary/aromatic N) is 2. The molecule has 1 heterocycles. The van der Waals surface area contributed by atoms with Crippen LogP contribution in [-0.2, 0) is 9.59 Å². The van der Waals surface area contributed by atoms with Crippen molar-refractivity contribution in [3.63, 3.8) is 0 Å². The summed E-state index contributed by atoms with van der Waals surface area (Å²) in [6, 6.07) is 21.5. The minimum Gasteiger partial charge on any atom is -0.324 e. The fourth-order valence-corrected chi connectivity index (χ4v) is 4.53. The molecule has 1 aliphatic rings. The van der Waals surface area contributed by atoms with E-state index in [1.54, 1.807) is 24.0 Å². The highest BCUT2D eigenvalue weighted by molar-refractivity contribution is 6.32. The number of nitrogens with one attached hydrogen (secondary N) is 1. The number of rotatable bonds is 6. The Kier molecular flexibility index (Phi) is 7.37. The zero-order valence-electron chi connectivity index (χ0n) is 20.5. The van der Waals surface area contributed by atoms with Gasteiger partial charge >= 0.3 is 0 Å². The van der Waals surface area contributed by atoms with Crippen LogP contribution in [0.25, 0.3) is 0 Å². The summed E-state index contributed by atoms with van der Waals surface area (Å²) >= 11 is 6.38. The van der Waals surface area contributed by atoms with Gasteiger partial charge in [0.25, 0.3) is 5.91 Å². The number of anilines is 2. The Morgan fingerprint density at radius 2 is 1.74 bits per heavy atom. The second-order valence-electron chi connectivity index (χ2n) is 9.08. The van der Waals surface area contributed by atoms with Gasteiger partial charge in [0.1, 0.15) is 12.1 Å². The molecule has 1 aliphatic heterocycles. The molecular weight excluding hydrogens is 458 g/mol. The summed E-state index contributed by atoms with van der Waals surface area (Å²) in [5.41, 5.74) is 4.83. The third-order valence-electron chi connectivity index (χ3n) is 6.28. The Morgan fingerprint density at radius 3 is 2.37 bits per heavy atom. The third-order valence-corrected chi connectivity index (χ3v) is 6.52. The zero-order valence-corrected chi connectivity index (χ0v) is 21.2. The van der Waals surface area contributed by atoms with E-state index in [-0.39, 0.29) is 11.8 Å². The smallest absolute Gasteiger partial charge is 0.252 e. The first kappa shape index (κ1) is 24.7. The van der Waals surface area contributed by atoms with Crippen molar-refractivity contribution >= 4 is 40.5 Å². The molecule has 6 heteroatoms. The number of amides is 2. The minimum absolute atomic E-state index is 0.225. The molecular formula is C29H30ClN3O2. The van der Waals surface area contributed by atoms with Gasteiger partial charge in [0.2, 0.25) is 5.91 Å². The van der Waals surface area contributed by atoms with E-state index in [1.807, 2.05) is 67.6 Å². The molecule has 3 aromatic rings. The van der Waals surface area contributed by atoms with Gasteiger partial charge in [-0.25, -0.2) is 0 Å². The zero-order chi connectivity index (χ0) is 25.1. The Hall–Kier alpha value is -3.44. The van der Waals surface area contributed by atoms with Crippen molar-refractivity contribution < 1.29 is 9.59 Å². The first-order chi connectivity index (χ1) is 16.8. The standard InChI is InChI=1S/C29H30ClN3O2/c1-5-25(28(34)32-23-14-11-20(12-15-23)18(2)3)33-26-16-13-22(30)17-24(26)27(31-19(4)29(33)35)21-9-7-6-8-10-21/h6-19,25H,5H2,1-4H3,(H,32,34). The van der Waals surface area contributed by atoms with Gasteiger partial charge in [0.15, 0.2) is 0 Å². The molecule has 0 fully saturated rings. The molecule has 2 atom stereocenters. The molecule has 0 aliphatic carbocycles. The Balaban J connectivity index is 1.74. The van der Waals surface area contributed by atoms with E-state index in [2.05, 4.69) is 19.2 Å². The molecule has 0 saturated heterocycles. The molecule has 35 heavy (non-hydrogen) atoms. The highest BCUT2D eigenvalue weighted by Crippen LogP contribution is 2.33. The largest absolute Gasteiger partial charge is 0.324 e. The van der Waals surface area contributed by atoms with Crippen molar-refractivity contribution in [2.24, 2.45) is 4.99 Å². The van der Waals surface area contributed by atoms with E-state index in [0.717, 1.165) is 11.1 Å². The summed E-state index contributed by atoms with van der Waals surface area (Å²) in [4.78, 5) is 33.5. The highest BCUT2D eigenvalue weighted by Gasteiger charge is 2.37. The van der Waals surface area contributed by atoms with Crippen LogP contribution < -0.4 is 10.2 Å². The van der Waals surface area contributed by atoms with Gasteiger partial charge in [0.05, 0.1) is 11.4 Å². The Labute approximate surface area is 211 Å². The van der Waals surface area contributed by atoms with Crippen molar-refractivity contribution in [1.82, 2.24) is 0 Å². The fourth-order valence-electron chi connectivity index (χ4n) is 4.36. The maximum atomic E-state index is 13.7. The number of halogens is 1. The van der Waals surface area contributed by atoms with E-state index in [4.69, 9.17) is 16.6 Å². The summed E-state index contributed by atoms with van der Waals surface area (Å²) in [7, 11) is 0. The van der Waals surface area contributed by atoms with Crippen molar-refractivity contribution in [1.29, 1.82) is 0 Å². The number of hydrogen-bond donors (Lipinski definition) is 1. The molecule has 3 aromatic carbocycles. The number of benzodiazepines with no additional fused rings is 1. The molecule has 0 saturated carbocycles. The van der Waals surface area contributed by atoms with Gasteiger partial charge < -0.3 is 5.32 Å². The lowest BCUT2D eigenvalue weighted by Gasteiger charge is -2.31. The van der Waals surface area contributed by atoms with Gasteiger partial charge in [-0.3, -0.25) is 19.5 Å². The monoisotopic (exact) mass is 487 g/mol. The van der Waals surface area contributed by atoms with Gasteiger partial charge in [-0.05, 0) is 55.2 Å². The molecule has 4 rings (SSSR count). The van der Waals surface area contributed by atoms with Gasteiger partial charge in [-0.15, -0.1) is 0 Å². The van der Waals surface area contributed by atoms with Crippen LogP contribution in [0.3, 0.4) is 0 Å². The van der Waals surface area contributed by atoms with Crippen LogP contribution in [0.2, 0.25) is 5.02 Å². The van der Waals surface area contributed by atoms with E-state index in [1.165, 1.54) is 5.56 Å². The lowest BCUT2D eigenvalue weighted by Crippen LogP contribution is -2.50. The SMILES string of the molecule is CCC(C(=O)Nc1ccc(C(C)C)cc1)N1C(=O)C(C)N=C(c2ccccc2)c2cc(Cl)ccc21. The second-order valence-corrected chi connectivity index (χ2v) is 9.52. The van der Waals surface area contributed by atoms with Crippen LogP contribution in [0, 0.1) is 0 Å². The van der Waals surface area contributed by atoms with E-state index in [9.17, 15) is 9.59 Å². The van der Waals surface area contributed by atoms with Crippen LogP contribution in [0.15, 0.2) is 77.8 Å². The normalized spacial score (nSPS) is 16.4. The van der Waals surface area contributed by atoms with Crippen molar-refractivity contribution in [3.8, 4) is 0 Å². The lowest BCUT2D eigenvalue weighted by molar-refractivity contribution is -0.124. The molecule has 2 amide bonds. The molecule has 0 spiro atoms. The molecule has 180 valence electrons. The number of benzene rings is 3. The second kappa shape index (κ2) is 10.4. The summed E-state index contributed by atoms with van der Waals surface area (Å²) in [6.07, 6.45) is 0.442. The first-order valence-corrected chi connectivity index (χ1v) is 12.3. The maximum Gasteiger partial charge on any atom is 0.252 e. The molecule has 0 bridgehead atoms. The van der Waals surface area contributed by atoms with Crippen molar-refractivity contribution in [2.75, 3.05) is 10.2 Å². The lowest BCUT2D eigenvalue weighted by atomic mass is 9.99. The maximum absolute atomic E-state index is 13.7. The molecule has 0 aromatic heterocycles. The quantitative estimate of drug-likeness (QED) is 0.434. The Bertz CT molecular complexity index is 1250. The summed E-state index contributed by atoms with van der Waals surface area (Å²) < 4.78 is 0. The minimum atomic E-state index is -0.708. The number of carbonyl (C=O) groups excluding carboxylic acids is 2. The van der Waals surface area contributed by atoms with E-state index >= 15 is 0 Å². The average molecular weight is 488 g/mol. The van der Waals surface area contributed by atoms with Gasteiger partial charge in [0, 0.05) is 21.8 Å². The molecule has 0 radical (unpaired) electrons. The van der Waals surface area contributed by atoms with Gasteiger partial charge in [-0.2, -0.15) is 0 Å². The number of hydrogen-bond acceptors (Lipinski definition) is 3. The summed E-state index contributed by atoms with van der Waals surface area (Å²) in [5.74, 6) is -0.0624. The van der Waals surface area contributed by atoms with Crippen molar-refractivity contribution in [2.45, 2.75) is 52.1 Å². The summed E-state index contributed by atoms with van der Waals surface area (Å²) in [6.45, 7) is 7.93. The Morgan fingerprint density at radius 1 is 1.06 bits per heavy atom. The van der Waals surface area contributed by atoms with Crippen LogP contribution in [0.5, 0.6) is 0 Å².